The molecule has 3 N–H and O–H groups in total. The Morgan fingerprint density at radius 2 is 2.10 bits per heavy atom. The SMILES string of the molecule is Cn1ncc2ccc(C(=O)NC3CCC(N)CC3)cc21. The lowest BCUT2D eigenvalue weighted by Gasteiger charge is -2.26. The standard InChI is InChI=1S/C15H20N4O/c1-19-14-8-10(2-3-11(14)9-17-19)15(20)18-13-6-4-12(16)5-7-13/h2-3,8-9,12-13H,4-7,16H2,1H3,(H,18,20). The Balaban J connectivity index is 1.73. The van der Waals surface area contributed by atoms with Crippen LogP contribution in [0.3, 0.4) is 0 Å². The van der Waals surface area contributed by atoms with Crippen molar-refractivity contribution in [2.75, 3.05) is 0 Å². The van der Waals surface area contributed by atoms with Gasteiger partial charge in [0, 0.05) is 30.1 Å². The summed E-state index contributed by atoms with van der Waals surface area (Å²) in [5.74, 6) is -0.00595. The third kappa shape index (κ3) is 2.54. The molecule has 1 aliphatic rings. The molecule has 1 heterocycles. The number of nitrogens with one attached hydrogen (secondary N) is 1. The van der Waals surface area contributed by atoms with Crippen LogP contribution in [0.15, 0.2) is 24.4 Å². The highest BCUT2D eigenvalue weighted by atomic mass is 16.1. The van der Waals surface area contributed by atoms with E-state index >= 15 is 0 Å². The number of nitrogens with two attached hydrogens (primary N) is 1. The number of aryl methyl sites for hydroxylation is 1. The number of nitrogens with zero attached hydrogens (tertiary/aromatic N) is 2. The summed E-state index contributed by atoms with van der Waals surface area (Å²) < 4.78 is 1.78. The van der Waals surface area contributed by atoms with E-state index in [1.165, 1.54) is 0 Å². The van der Waals surface area contributed by atoms with Crippen LogP contribution in [-0.2, 0) is 7.05 Å². The number of fused-ring (bicyclic) bond motifs is 1. The van der Waals surface area contributed by atoms with Crippen LogP contribution in [0.1, 0.15) is 36.0 Å². The summed E-state index contributed by atoms with van der Waals surface area (Å²) in [7, 11) is 1.88. The van der Waals surface area contributed by atoms with Crippen molar-refractivity contribution in [2.24, 2.45) is 12.8 Å². The van der Waals surface area contributed by atoms with Crippen molar-refractivity contribution in [3.8, 4) is 0 Å². The maximum absolute atomic E-state index is 12.3. The van der Waals surface area contributed by atoms with Crippen molar-refractivity contribution in [2.45, 2.75) is 37.8 Å². The average Bonchev–Trinajstić information content (AvgIpc) is 2.82. The Morgan fingerprint density at radius 3 is 2.85 bits per heavy atom. The summed E-state index contributed by atoms with van der Waals surface area (Å²) in [6.07, 6.45) is 5.73. The molecule has 0 radical (unpaired) electrons. The Bertz CT molecular complexity index is 626. The van der Waals surface area contributed by atoms with Gasteiger partial charge in [-0.2, -0.15) is 5.10 Å². The summed E-state index contributed by atoms with van der Waals surface area (Å²) in [5.41, 5.74) is 7.55. The molecule has 0 bridgehead atoms. The molecule has 106 valence electrons. The van der Waals surface area contributed by atoms with E-state index in [0.29, 0.717) is 11.6 Å². The summed E-state index contributed by atoms with van der Waals surface area (Å²) >= 11 is 0. The molecular formula is C15H20N4O. The van der Waals surface area contributed by atoms with Crippen molar-refractivity contribution in [3.05, 3.63) is 30.0 Å². The van der Waals surface area contributed by atoms with Crippen molar-refractivity contribution >= 4 is 16.8 Å². The molecular weight excluding hydrogens is 252 g/mol. The van der Waals surface area contributed by atoms with Crippen LogP contribution in [0.2, 0.25) is 0 Å². The fraction of sp³-hybridized carbons (Fsp3) is 0.467. The highest BCUT2D eigenvalue weighted by Crippen LogP contribution is 2.19. The van der Waals surface area contributed by atoms with Crippen molar-refractivity contribution in [1.82, 2.24) is 15.1 Å². The minimum absolute atomic E-state index is 0.00595. The number of aromatic nitrogens is 2. The molecule has 1 aliphatic carbocycles. The number of hydrogen-bond donors (Lipinski definition) is 2. The van der Waals surface area contributed by atoms with Crippen molar-refractivity contribution in [3.63, 3.8) is 0 Å². The number of benzene rings is 1. The monoisotopic (exact) mass is 272 g/mol. The molecule has 20 heavy (non-hydrogen) atoms. The van der Waals surface area contributed by atoms with E-state index in [0.717, 1.165) is 36.6 Å². The highest BCUT2D eigenvalue weighted by molar-refractivity contribution is 5.97. The first kappa shape index (κ1) is 13.1. The third-order valence-corrected chi connectivity index (χ3v) is 4.12. The van der Waals surface area contributed by atoms with E-state index in [2.05, 4.69) is 10.4 Å². The van der Waals surface area contributed by atoms with Crippen LogP contribution >= 0.6 is 0 Å². The fourth-order valence-electron chi connectivity index (χ4n) is 2.82. The largest absolute Gasteiger partial charge is 0.349 e. The van der Waals surface area contributed by atoms with E-state index in [9.17, 15) is 4.79 Å². The van der Waals surface area contributed by atoms with Gasteiger partial charge < -0.3 is 11.1 Å². The molecule has 0 unspecified atom stereocenters. The van der Waals surface area contributed by atoms with Crippen molar-refractivity contribution in [1.29, 1.82) is 0 Å². The Hall–Kier alpha value is -1.88. The lowest BCUT2D eigenvalue weighted by molar-refractivity contribution is 0.0926. The van der Waals surface area contributed by atoms with E-state index in [1.807, 2.05) is 25.2 Å². The van der Waals surface area contributed by atoms with E-state index in [-0.39, 0.29) is 11.9 Å². The maximum atomic E-state index is 12.3. The normalized spacial score (nSPS) is 22.9. The second-order valence-electron chi connectivity index (χ2n) is 5.63. The van der Waals surface area contributed by atoms with Gasteiger partial charge in [-0.3, -0.25) is 9.48 Å². The molecule has 1 aromatic heterocycles. The van der Waals surface area contributed by atoms with Gasteiger partial charge in [0.1, 0.15) is 0 Å². The second kappa shape index (κ2) is 5.25. The van der Waals surface area contributed by atoms with Gasteiger partial charge in [0.05, 0.1) is 11.7 Å². The summed E-state index contributed by atoms with van der Waals surface area (Å²) in [6, 6.07) is 6.24. The van der Waals surface area contributed by atoms with Gasteiger partial charge in [-0.05, 0) is 37.8 Å². The van der Waals surface area contributed by atoms with Crippen LogP contribution < -0.4 is 11.1 Å². The maximum Gasteiger partial charge on any atom is 0.251 e. The minimum Gasteiger partial charge on any atom is -0.349 e. The predicted molar refractivity (Wildman–Crippen MR) is 78.4 cm³/mol. The zero-order valence-corrected chi connectivity index (χ0v) is 11.7. The second-order valence-corrected chi connectivity index (χ2v) is 5.63. The lowest BCUT2D eigenvalue weighted by Crippen LogP contribution is -2.40. The Labute approximate surface area is 118 Å². The first-order valence-corrected chi connectivity index (χ1v) is 7.11. The van der Waals surface area contributed by atoms with Gasteiger partial charge in [-0.15, -0.1) is 0 Å². The van der Waals surface area contributed by atoms with Crippen LogP contribution in [0, 0.1) is 0 Å². The van der Waals surface area contributed by atoms with Crippen LogP contribution in [-0.4, -0.2) is 27.8 Å². The molecule has 2 aromatic rings. The molecule has 1 fully saturated rings. The van der Waals surface area contributed by atoms with Crippen LogP contribution in [0.5, 0.6) is 0 Å². The molecule has 0 saturated heterocycles. The molecule has 0 aliphatic heterocycles. The van der Waals surface area contributed by atoms with Gasteiger partial charge in [-0.25, -0.2) is 0 Å². The predicted octanol–water partition coefficient (Wildman–Crippen LogP) is 1.57. The first-order chi connectivity index (χ1) is 9.63. The number of carbonyl (C=O) groups is 1. The number of rotatable bonds is 2. The smallest absolute Gasteiger partial charge is 0.251 e. The zero-order valence-electron chi connectivity index (χ0n) is 11.7. The number of amides is 1. The molecule has 5 nitrogen and oxygen atoms in total. The topological polar surface area (TPSA) is 72.9 Å². The highest BCUT2D eigenvalue weighted by Gasteiger charge is 2.20. The summed E-state index contributed by atoms with van der Waals surface area (Å²) in [5, 5.41) is 8.35. The molecule has 0 atom stereocenters. The van der Waals surface area contributed by atoms with Gasteiger partial charge in [0.25, 0.3) is 5.91 Å². The first-order valence-electron chi connectivity index (χ1n) is 7.11. The number of carbonyl (C=O) groups excluding carboxylic acids is 1. The van der Waals surface area contributed by atoms with Gasteiger partial charge in [0.15, 0.2) is 0 Å². The zero-order chi connectivity index (χ0) is 14.1. The average molecular weight is 272 g/mol. The summed E-state index contributed by atoms with van der Waals surface area (Å²) in [6.45, 7) is 0. The molecule has 1 amide bonds. The Kier molecular flexibility index (Phi) is 3.44. The van der Waals surface area contributed by atoms with Crippen LogP contribution in [0.25, 0.3) is 10.9 Å². The molecule has 5 heteroatoms. The molecule has 1 saturated carbocycles. The Morgan fingerprint density at radius 1 is 1.35 bits per heavy atom. The molecule has 1 aromatic carbocycles. The van der Waals surface area contributed by atoms with E-state index in [4.69, 9.17) is 5.73 Å². The number of hydrogen-bond acceptors (Lipinski definition) is 3. The minimum atomic E-state index is -0.00595. The van der Waals surface area contributed by atoms with E-state index < -0.39 is 0 Å². The third-order valence-electron chi connectivity index (χ3n) is 4.12. The summed E-state index contributed by atoms with van der Waals surface area (Å²) in [4.78, 5) is 12.3. The van der Waals surface area contributed by atoms with Crippen molar-refractivity contribution < 1.29 is 4.79 Å². The van der Waals surface area contributed by atoms with Gasteiger partial charge in [0.2, 0.25) is 0 Å². The van der Waals surface area contributed by atoms with Crippen LogP contribution in [0.4, 0.5) is 0 Å². The molecule has 3 rings (SSSR count). The lowest BCUT2D eigenvalue weighted by atomic mass is 9.91. The van der Waals surface area contributed by atoms with Gasteiger partial charge in [-0.1, -0.05) is 6.07 Å². The van der Waals surface area contributed by atoms with Gasteiger partial charge >= 0.3 is 0 Å². The quantitative estimate of drug-likeness (QED) is 0.871. The molecule has 0 spiro atoms. The van der Waals surface area contributed by atoms with E-state index in [1.54, 1.807) is 10.9 Å². The fourth-order valence-corrected chi connectivity index (χ4v) is 2.82.